The lowest BCUT2D eigenvalue weighted by Crippen LogP contribution is -2.13. The monoisotopic (exact) mass is 264 g/mol. The fourth-order valence-electron chi connectivity index (χ4n) is 1.56. The summed E-state index contributed by atoms with van der Waals surface area (Å²) in [5, 5.41) is 0. The average molecular weight is 264 g/mol. The molecule has 0 spiro atoms. The van der Waals surface area contributed by atoms with Crippen molar-refractivity contribution in [1.29, 1.82) is 0 Å². The van der Waals surface area contributed by atoms with Crippen LogP contribution < -0.4 is 4.74 Å². The zero-order chi connectivity index (χ0) is 14.3. The van der Waals surface area contributed by atoms with Gasteiger partial charge in [-0.1, -0.05) is 32.4 Å². The number of hydrogen-bond acceptors (Lipinski definition) is 4. The lowest BCUT2D eigenvalue weighted by Gasteiger charge is -2.11. The quantitative estimate of drug-likeness (QED) is 0.449. The van der Waals surface area contributed by atoms with Gasteiger partial charge in [0, 0.05) is 6.42 Å². The second-order valence-corrected chi connectivity index (χ2v) is 4.27. The van der Waals surface area contributed by atoms with Crippen LogP contribution in [0, 0.1) is 6.92 Å². The smallest absolute Gasteiger partial charge is 0.342 e. The maximum Gasteiger partial charge on any atom is 0.342 e. The molecule has 104 valence electrons. The largest absolute Gasteiger partial charge is 0.462 e. The van der Waals surface area contributed by atoms with E-state index in [0.29, 0.717) is 12.2 Å². The van der Waals surface area contributed by atoms with E-state index in [1.54, 1.807) is 32.0 Å². The van der Waals surface area contributed by atoms with Crippen LogP contribution in [0.25, 0.3) is 0 Å². The van der Waals surface area contributed by atoms with Gasteiger partial charge in [0.1, 0.15) is 11.3 Å². The minimum Gasteiger partial charge on any atom is -0.462 e. The van der Waals surface area contributed by atoms with Gasteiger partial charge in [0.15, 0.2) is 0 Å². The first-order chi connectivity index (χ1) is 9.10. The van der Waals surface area contributed by atoms with Crippen molar-refractivity contribution in [2.45, 2.75) is 40.0 Å². The van der Waals surface area contributed by atoms with Gasteiger partial charge in [0.25, 0.3) is 0 Å². The van der Waals surface area contributed by atoms with Crippen molar-refractivity contribution in [1.82, 2.24) is 0 Å². The molecule has 0 radical (unpaired) electrons. The van der Waals surface area contributed by atoms with E-state index < -0.39 is 5.97 Å². The van der Waals surface area contributed by atoms with Gasteiger partial charge in [0.2, 0.25) is 0 Å². The van der Waals surface area contributed by atoms with E-state index in [9.17, 15) is 9.59 Å². The van der Waals surface area contributed by atoms with Crippen molar-refractivity contribution in [2.24, 2.45) is 0 Å². The highest BCUT2D eigenvalue weighted by molar-refractivity contribution is 5.95. The molecule has 0 atom stereocenters. The van der Waals surface area contributed by atoms with Gasteiger partial charge < -0.3 is 9.47 Å². The molecular formula is C15H20O4. The van der Waals surface area contributed by atoms with Gasteiger partial charge in [-0.2, -0.15) is 0 Å². The Bertz CT molecular complexity index is 451. The van der Waals surface area contributed by atoms with Crippen molar-refractivity contribution in [2.75, 3.05) is 6.61 Å². The van der Waals surface area contributed by atoms with Gasteiger partial charge in [-0.3, -0.25) is 4.79 Å². The maximum atomic E-state index is 12.0. The second-order valence-electron chi connectivity index (χ2n) is 4.27. The summed E-state index contributed by atoms with van der Waals surface area (Å²) < 4.78 is 10.3. The molecule has 1 aromatic rings. The lowest BCUT2D eigenvalue weighted by atomic mass is 10.1. The summed E-state index contributed by atoms with van der Waals surface area (Å²) in [7, 11) is 0. The average Bonchev–Trinajstić information content (AvgIpc) is 2.38. The molecule has 0 heterocycles. The van der Waals surface area contributed by atoms with Crippen LogP contribution in [0.4, 0.5) is 0 Å². The molecule has 0 unspecified atom stereocenters. The first-order valence-electron chi connectivity index (χ1n) is 6.57. The second kappa shape index (κ2) is 7.56. The third-order valence-corrected chi connectivity index (χ3v) is 2.68. The van der Waals surface area contributed by atoms with E-state index in [1.807, 2.05) is 6.92 Å². The summed E-state index contributed by atoms with van der Waals surface area (Å²) in [5.41, 5.74) is 1.07. The van der Waals surface area contributed by atoms with Crippen LogP contribution in [-0.2, 0) is 9.53 Å². The number of esters is 2. The zero-order valence-corrected chi connectivity index (χ0v) is 11.7. The zero-order valence-electron chi connectivity index (χ0n) is 11.7. The molecule has 0 aliphatic carbocycles. The number of aryl methyl sites for hydroxylation is 1. The number of benzene rings is 1. The highest BCUT2D eigenvalue weighted by atomic mass is 16.5. The summed E-state index contributed by atoms with van der Waals surface area (Å²) in [6.07, 6.45) is 2.04. The predicted octanol–water partition coefficient (Wildman–Crippen LogP) is 3.27. The molecule has 0 aliphatic rings. The van der Waals surface area contributed by atoms with Crippen LogP contribution in [0.1, 0.15) is 49.0 Å². The van der Waals surface area contributed by atoms with Crippen molar-refractivity contribution in [3.8, 4) is 5.75 Å². The molecule has 0 bridgehead atoms. The van der Waals surface area contributed by atoms with Gasteiger partial charge in [-0.15, -0.1) is 0 Å². The minimum atomic E-state index is -0.439. The van der Waals surface area contributed by atoms with Crippen molar-refractivity contribution >= 4 is 11.9 Å². The van der Waals surface area contributed by atoms with Crippen LogP contribution in [0.5, 0.6) is 5.75 Å². The third-order valence-electron chi connectivity index (χ3n) is 2.68. The Kier molecular flexibility index (Phi) is 6.06. The highest BCUT2D eigenvalue weighted by Gasteiger charge is 2.18. The molecule has 4 nitrogen and oxygen atoms in total. The molecule has 1 rings (SSSR count). The molecule has 0 amide bonds. The van der Waals surface area contributed by atoms with E-state index in [4.69, 9.17) is 9.47 Å². The molecule has 19 heavy (non-hydrogen) atoms. The number of hydrogen-bond donors (Lipinski definition) is 0. The maximum absolute atomic E-state index is 12.0. The Labute approximate surface area is 113 Å². The summed E-state index contributed by atoms with van der Waals surface area (Å²) in [6, 6.07) is 5.15. The normalized spacial score (nSPS) is 10.1. The minimum absolute atomic E-state index is 0.262. The number of carbonyl (C=O) groups is 2. The van der Waals surface area contributed by atoms with Crippen LogP contribution in [0.15, 0.2) is 18.2 Å². The lowest BCUT2D eigenvalue weighted by molar-refractivity contribution is -0.134. The molecule has 0 saturated heterocycles. The molecule has 0 fully saturated rings. The molecule has 0 N–H and O–H groups in total. The predicted molar refractivity (Wildman–Crippen MR) is 72.3 cm³/mol. The van der Waals surface area contributed by atoms with Crippen LogP contribution >= 0.6 is 0 Å². The molecule has 1 aromatic carbocycles. The summed E-state index contributed by atoms with van der Waals surface area (Å²) in [4.78, 5) is 23.4. The van der Waals surface area contributed by atoms with Gasteiger partial charge in [0.05, 0.1) is 6.61 Å². The van der Waals surface area contributed by atoms with E-state index in [0.717, 1.165) is 18.4 Å². The number of rotatable bonds is 6. The van der Waals surface area contributed by atoms with Crippen LogP contribution in [0.3, 0.4) is 0 Å². The first-order valence-corrected chi connectivity index (χ1v) is 6.57. The van der Waals surface area contributed by atoms with E-state index >= 15 is 0 Å². The Balaban J connectivity index is 2.90. The van der Waals surface area contributed by atoms with Gasteiger partial charge in [-0.25, -0.2) is 4.79 Å². The van der Waals surface area contributed by atoms with Gasteiger partial charge in [-0.05, 0) is 25.0 Å². The highest BCUT2D eigenvalue weighted by Crippen LogP contribution is 2.23. The van der Waals surface area contributed by atoms with E-state index in [1.165, 1.54) is 0 Å². The molecule has 4 heteroatoms. The van der Waals surface area contributed by atoms with E-state index in [2.05, 4.69) is 0 Å². The molecule has 0 aromatic heterocycles. The number of carbonyl (C=O) groups excluding carboxylic acids is 2. The summed E-state index contributed by atoms with van der Waals surface area (Å²) in [6.45, 7) is 5.90. The van der Waals surface area contributed by atoms with Crippen LogP contribution in [-0.4, -0.2) is 18.5 Å². The SMILES string of the molecule is CCCCOC(=O)c1c(C)cccc1OC(=O)CC. The molecular weight excluding hydrogens is 244 g/mol. The fourth-order valence-corrected chi connectivity index (χ4v) is 1.56. The Morgan fingerprint density at radius 2 is 1.95 bits per heavy atom. The summed E-state index contributed by atoms with van der Waals surface area (Å²) >= 11 is 0. The number of unbranched alkanes of at least 4 members (excludes halogenated alkanes) is 1. The Morgan fingerprint density at radius 1 is 1.21 bits per heavy atom. The number of ether oxygens (including phenoxy) is 2. The molecule has 0 aliphatic heterocycles. The Morgan fingerprint density at radius 3 is 2.58 bits per heavy atom. The first kappa shape index (κ1) is 15.2. The summed E-state index contributed by atoms with van der Waals surface area (Å²) in [5.74, 6) is -0.535. The van der Waals surface area contributed by atoms with Crippen molar-refractivity contribution < 1.29 is 19.1 Å². The topological polar surface area (TPSA) is 52.6 Å². The van der Waals surface area contributed by atoms with Crippen molar-refractivity contribution in [3.63, 3.8) is 0 Å². The fraction of sp³-hybridized carbons (Fsp3) is 0.467. The van der Waals surface area contributed by atoms with E-state index in [-0.39, 0.29) is 18.1 Å². The standard InChI is InChI=1S/C15H20O4/c1-4-6-10-18-15(17)14-11(3)8-7-9-12(14)19-13(16)5-2/h7-9H,4-6,10H2,1-3H3. The third kappa shape index (κ3) is 4.39. The van der Waals surface area contributed by atoms with Gasteiger partial charge >= 0.3 is 11.9 Å². The Hall–Kier alpha value is -1.84. The van der Waals surface area contributed by atoms with Crippen molar-refractivity contribution in [3.05, 3.63) is 29.3 Å². The van der Waals surface area contributed by atoms with Crippen LogP contribution in [0.2, 0.25) is 0 Å². The molecule has 0 saturated carbocycles.